The van der Waals surface area contributed by atoms with Crippen molar-refractivity contribution in [3.63, 3.8) is 0 Å². The van der Waals surface area contributed by atoms with Crippen LogP contribution in [0.1, 0.15) is 26.7 Å². The molecule has 0 amide bonds. The van der Waals surface area contributed by atoms with Crippen molar-refractivity contribution in [1.82, 2.24) is 0 Å². The number of hydrogen-bond acceptors (Lipinski definition) is 3. The minimum Gasteiger partial charge on any atom is -0.464 e. The number of rotatable bonds is 4. The molecule has 0 aliphatic heterocycles. The molecule has 0 aromatic carbocycles. The molecular weight excluding hydrogens is 148 g/mol. The zero-order valence-electron chi connectivity index (χ0n) is 6.96. The highest BCUT2D eigenvalue weighted by atomic mass is 16.5. The predicted molar refractivity (Wildman–Crippen MR) is 41.2 cm³/mol. The zero-order valence-corrected chi connectivity index (χ0v) is 6.96. The molecule has 68 valence electrons. The molecule has 0 saturated heterocycles. The van der Waals surface area contributed by atoms with Gasteiger partial charge in [0.1, 0.15) is 6.10 Å². The quantitative estimate of drug-likeness (QED) is 0.465. The monoisotopic (exact) mass is 164 g/mol. The van der Waals surface area contributed by atoms with Gasteiger partial charge in [0.2, 0.25) is 0 Å². The van der Waals surface area contributed by atoms with Crippen LogP contribution < -0.4 is 0 Å². The van der Waals surface area contributed by atoms with Gasteiger partial charge in [0.25, 0.3) is 0 Å². The molecule has 0 heterocycles. The molecule has 0 bridgehead atoms. The highest BCUT2D eigenvalue weighted by molar-refractivity contribution is 5.73. The van der Waals surface area contributed by atoms with Crippen molar-refractivity contribution in [3.8, 4) is 0 Å². The Labute approximate surface area is 66.5 Å². The van der Waals surface area contributed by atoms with Gasteiger partial charge in [-0.15, -0.1) is 0 Å². The highest BCUT2D eigenvalue weighted by Gasteiger charge is 2.08. The molecule has 0 aromatic heterocycles. The first-order valence-electron chi connectivity index (χ1n) is 3.53. The molecule has 0 aliphatic rings. The number of unbranched alkanes of at least 4 members (excludes halogenated alkanes) is 1. The molecule has 0 aliphatic carbocycles. The van der Waals surface area contributed by atoms with Gasteiger partial charge in [0.05, 0.1) is 6.61 Å². The Morgan fingerprint density at radius 2 is 2.18 bits per heavy atom. The van der Waals surface area contributed by atoms with E-state index < -0.39 is 12.1 Å². The molecule has 4 nitrogen and oxygen atoms in total. The van der Waals surface area contributed by atoms with Crippen LogP contribution in [-0.4, -0.2) is 29.3 Å². The van der Waals surface area contributed by atoms with Gasteiger partial charge in [-0.05, 0) is 13.3 Å². The second kappa shape index (κ2) is 7.50. The lowest BCUT2D eigenvalue weighted by molar-refractivity contribution is -0.152. The molecular formula is C7H16O4. The van der Waals surface area contributed by atoms with Crippen LogP contribution in [0.25, 0.3) is 0 Å². The van der Waals surface area contributed by atoms with E-state index in [0.717, 1.165) is 12.8 Å². The lowest BCUT2D eigenvalue weighted by Crippen LogP contribution is -2.19. The molecule has 1 unspecified atom stereocenters. The number of carbonyl (C=O) groups is 1. The molecule has 0 saturated carbocycles. The molecule has 4 heteroatoms. The van der Waals surface area contributed by atoms with Crippen LogP contribution in [0.15, 0.2) is 0 Å². The van der Waals surface area contributed by atoms with Crippen LogP contribution in [-0.2, 0) is 9.53 Å². The van der Waals surface area contributed by atoms with Crippen LogP contribution in [0, 0.1) is 0 Å². The van der Waals surface area contributed by atoms with Gasteiger partial charge in [-0.3, -0.25) is 0 Å². The Hall–Kier alpha value is -0.610. The lowest BCUT2D eigenvalue weighted by atomic mass is 10.3. The van der Waals surface area contributed by atoms with E-state index in [1.54, 1.807) is 0 Å². The minimum atomic E-state index is -0.989. The third-order valence-corrected chi connectivity index (χ3v) is 1.08. The number of ether oxygens (including phenoxy) is 1. The Bertz CT molecular complexity index is 101. The van der Waals surface area contributed by atoms with Gasteiger partial charge in [-0.2, -0.15) is 0 Å². The van der Waals surface area contributed by atoms with Gasteiger partial charge in [-0.25, -0.2) is 4.79 Å². The van der Waals surface area contributed by atoms with E-state index in [1.807, 2.05) is 6.92 Å². The summed E-state index contributed by atoms with van der Waals surface area (Å²) in [6.45, 7) is 3.82. The van der Waals surface area contributed by atoms with E-state index in [1.165, 1.54) is 6.92 Å². The summed E-state index contributed by atoms with van der Waals surface area (Å²) in [6.07, 6.45) is 0.864. The Morgan fingerprint density at radius 1 is 1.64 bits per heavy atom. The average molecular weight is 164 g/mol. The van der Waals surface area contributed by atoms with Crippen LogP contribution in [0.3, 0.4) is 0 Å². The van der Waals surface area contributed by atoms with Crippen molar-refractivity contribution in [3.05, 3.63) is 0 Å². The second-order valence-corrected chi connectivity index (χ2v) is 2.20. The summed E-state index contributed by atoms with van der Waals surface area (Å²) in [6, 6.07) is 0. The van der Waals surface area contributed by atoms with E-state index in [-0.39, 0.29) is 5.48 Å². The molecule has 0 radical (unpaired) electrons. The van der Waals surface area contributed by atoms with E-state index in [9.17, 15) is 4.79 Å². The maximum Gasteiger partial charge on any atom is 0.334 e. The van der Waals surface area contributed by atoms with E-state index in [0.29, 0.717) is 6.61 Å². The second-order valence-electron chi connectivity index (χ2n) is 2.20. The average Bonchev–Trinajstić information content (AvgIpc) is 1.88. The van der Waals surface area contributed by atoms with Crippen LogP contribution >= 0.6 is 0 Å². The molecule has 1 atom stereocenters. The smallest absolute Gasteiger partial charge is 0.334 e. The van der Waals surface area contributed by atoms with Crippen molar-refractivity contribution in [2.24, 2.45) is 0 Å². The summed E-state index contributed by atoms with van der Waals surface area (Å²) in [7, 11) is 0. The van der Waals surface area contributed by atoms with E-state index in [4.69, 9.17) is 5.11 Å². The summed E-state index contributed by atoms with van der Waals surface area (Å²) in [5.74, 6) is -0.534. The number of aliphatic hydroxyl groups is 1. The summed E-state index contributed by atoms with van der Waals surface area (Å²) in [4.78, 5) is 10.5. The molecule has 0 rings (SSSR count). The fourth-order valence-electron chi connectivity index (χ4n) is 0.438. The Kier molecular flexibility index (Phi) is 8.87. The third kappa shape index (κ3) is 7.29. The molecule has 0 spiro atoms. The maximum atomic E-state index is 10.5. The fourth-order valence-corrected chi connectivity index (χ4v) is 0.438. The van der Waals surface area contributed by atoms with Crippen molar-refractivity contribution >= 4 is 5.97 Å². The fraction of sp³-hybridized carbons (Fsp3) is 0.857. The third-order valence-electron chi connectivity index (χ3n) is 1.08. The first-order chi connectivity index (χ1) is 4.68. The van der Waals surface area contributed by atoms with Crippen molar-refractivity contribution in [1.29, 1.82) is 0 Å². The number of esters is 1. The van der Waals surface area contributed by atoms with E-state index >= 15 is 0 Å². The summed E-state index contributed by atoms with van der Waals surface area (Å²) < 4.78 is 4.65. The standard InChI is InChI=1S/C7H14O3.H2O/c1-3-4-5-10-7(9)6(2)8;/h6,8H,3-5H2,1-2H3;1H2. The van der Waals surface area contributed by atoms with Crippen molar-refractivity contribution in [2.45, 2.75) is 32.8 Å². The summed E-state index contributed by atoms with van der Waals surface area (Å²) in [5, 5.41) is 8.65. The summed E-state index contributed by atoms with van der Waals surface area (Å²) in [5.41, 5.74) is 0. The maximum absolute atomic E-state index is 10.5. The van der Waals surface area contributed by atoms with Crippen LogP contribution in [0.4, 0.5) is 0 Å². The lowest BCUT2D eigenvalue weighted by Gasteiger charge is -2.04. The van der Waals surface area contributed by atoms with Gasteiger partial charge >= 0.3 is 5.97 Å². The molecule has 3 N–H and O–H groups in total. The first kappa shape index (κ1) is 13.0. The van der Waals surface area contributed by atoms with Crippen molar-refractivity contribution < 1.29 is 20.1 Å². The topological polar surface area (TPSA) is 78.0 Å². The first-order valence-corrected chi connectivity index (χ1v) is 3.53. The number of aliphatic hydroxyl groups excluding tert-OH is 1. The van der Waals surface area contributed by atoms with Gasteiger partial charge < -0.3 is 15.3 Å². The number of hydrogen-bond donors (Lipinski definition) is 1. The van der Waals surface area contributed by atoms with Gasteiger partial charge in [-0.1, -0.05) is 13.3 Å². The van der Waals surface area contributed by atoms with Crippen LogP contribution in [0.5, 0.6) is 0 Å². The Balaban J connectivity index is 0. The Morgan fingerprint density at radius 3 is 2.55 bits per heavy atom. The molecule has 11 heavy (non-hydrogen) atoms. The SMILES string of the molecule is CCCCOC(=O)C(C)O.O. The van der Waals surface area contributed by atoms with Crippen molar-refractivity contribution in [2.75, 3.05) is 6.61 Å². The van der Waals surface area contributed by atoms with E-state index in [2.05, 4.69) is 4.74 Å². The molecule has 0 aromatic rings. The largest absolute Gasteiger partial charge is 0.464 e. The number of carbonyl (C=O) groups excluding carboxylic acids is 1. The summed E-state index contributed by atoms with van der Waals surface area (Å²) >= 11 is 0. The normalized spacial score (nSPS) is 11.5. The predicted octanol–water partition coefficient (Wildman–Crippen LogP) is -0.114. The minimum absolute atomic E-state index is 0. The zero-order chi connectivity index (χ0) is 7.98. The van der Waals surface area contributed by atoms with Crippen LogP contribution in [0.2, 0.25) is 0 Å². The van der Waals surface area contributed by atoms with Gasteiger partial charge in [0, 0.05) is 0 Å². The molecule has 0 fully saturated rings. The van der Waals surface area contributed by atoms with Gasteiger partial charge in [0.15, 0.2) is 0 Å². The highest BCUT2D eigenvalue weighted by Crippen LogP contribution is 1.91.